The zero-order valence-corrected chi connectivity index (χ0v) is 34.0. The molecule has 4 atom stereocenters. The van der Waals surface area contributed by atoms with Crippen LogP contribution in [0.3, 0.4) is 0 Å². The van der Waals surface area contributed by atoms with E-state index in [0.717, 1.165) is 29.2 Å². The van der Waals surface area contributed by atoms with Gasteiger partial charge in [0.15, 0.2) is 0 Å². The minimum atomic E-state index is -0.575. The Labute approximate surface area is 330 Å². The molecular formula is C46H56N2O8. The average molecular weight is 765 g/mol. The minimum Gasteiger partial charge on any atom is -0.469 e. The molecule has 10 nitrogen and oxygen atoms in total. The molecule has 4 aromatic rings. The van der Waals surface area contributed by atoms with Crippen LogP contribution in [-0.2, 0) is 35.0 Å². The summed E-state index contributed by atoms with van der Waals surface area (Å²) in [6.07, 6.45) is 4.93. The number of ether oxygens (including phenoxy) is 4. The van der Waals surface area contributed by atoms with E-state index in [-0.39, 0.29) is 35.8 Å². The summed E-state index contributed by atoms with van der Waals surface area (Å²) in [7, 11) is 2.78. The number of hydrogen-bond donors (Lipinski definition) is 0. The van der Waals surface area contributed by atoms with Gasteiger partial charge in [-0.2, -0.15) is 0 Å². The van der Waals surface area contributed by atoms with Crippen molar-refractivity contribution in [1.82, 2.24) is 9.80 Å². The van der Waals surface area contributed by atoms with E-state index in [9.17, 15) is 19.2 Å². The Morgan fingerprint density at radius 1 is 0.625 bits per heavy atom. The molecule has 6 rings (SSSR count). The minimum absolute atomic E-state index is 0.0546. The van der Waals surface area contributed by atoms with Crippen LogP contribution in [0.5, 0.6) is 0 Å². The van der Waals surface area contributed by atoms with Crippen molar-refractivity contribution in [2.75, 3.05) is 40.4 Å². The number of carbonyl (C=O) groups is 4. The number of aryl methyl sites for hydroxylation is 1. The number of likely N-dealkylation sites (tertiary alicyclic amines) is 2. The molecule has 0 aliphatic carbocycles. The van der Waals surface area contributed by atoms with Crippen molar-refractivity contribution in [3.63, 3.8) is 0 Å². The van der Waals surface area contributed by atoms with Crippen LogP contribution in [0.1, 0.15) is 59.1 Å². The summed E-state index contributed by atoms with van der Waals surface area (Å²) in [5.41, 5.74) is 1.21. The third-order valence-corrected chi connectivity index (χ3v) is 10.1. The van der Waals surface area contributed by atoms with Gasteiger partial charge in [0.05, 0.1) is 26.1 Å². The summed E-state index contributed by atoms with van der Waals surface area (Å²) < 4.78 is 20.9. The molecule has 56 heavy (non-hydrogen) atoms. The van der Waals surface area contributed by atoms with Crippen molar-refractivity contribution >= 4 is 51.7 Å². The maximum absolute atomic E-state index is 12.5. The molecule has 0 radical (unpaired) electrons. The molecule has 2 fully saturated rings. The fourth-order valence-electron chi connectivity index (χ4n) is 7.43. The molecule has 0 unspecified atom stereocenters. The number of methoxy groups -OCH3 is 2. The standard InChI is InChI=1S/C23H29NO4.C23H27NO4/c2*1-23(2,3)28-22(26)24-14-18(20(15-24)21(25)27-4)13-12-17-10-7-9-16-8-5-6-11-19(16)17/h5-11,18,20H,12-15H2,1-4H3;5-13,18,20H,14-15H2,1-4H3/t2*18-,20-/m00/s1. The van der Waals surface area contributed by atoms with Crippen LogP contribution in [0, 0.1) is 23.7 Å². The molecule has 0 aromatic heterocycles. The summed E-state index contributed by atoms with van der Waals surface area (Å²) in [5.74, 6) is -1.35. The lowest BCUT2D eigenvalue weighted by Crippen LogP contribution is -2.36. The Morgan fingerprint density at radius 2 is 1.12 bits per heavy atom. The molecule has 0 saturated carbocycles. The van der Waals surface area contributed by atoms with Gasteiger partial charge in [0.2, 0.25) is 0 Å². The maximum atomic E-state index is 12.5. The molecule has 0 spiro atoms. The van der Waals surface area contributed by atoms with E-state index in [1.54, 1.807) is 9.80 Å². The second-order valence-corrected chi connectivity index (χ2v) is 16.6. The summed E-state index contributed by atoms with van der Waals surface area (Å²) in [6.45, 7) is 12.6. The molecule has 2 amide bonds. The smallest absolute Gasteiger partial charge is 0.410 e. The van der Waals surface area contributed by atoms with Gasteiger partial charge in [0.25, 0.3) is 0 Å². The Balaban J connectivity index is 0.000000214. The summed E-state index contributed by atoms with van der Waals surface area (Å²) >= 11 is 0. The van der Waals surface area contributed by atoms with Crippen LogP contribution in [0.4, 0.5) is 9.59 Å². The van der Waals surface area contributed by atoms with Crippen LogP contribution in [0.25, 0.3) is 27.6 Å². The first-order valence-corrected chi connectivity index (χ1v) is 19.3. The maximum Gasteiger partial charge on any atom is 0.410 e. The molecule has 2 aliphatic heterocycles. The molecule has 2 aliphatic rings. The van der Waals surface area contributed by atoms with Crippen LogP contribution >= 0.6 is 0 Å². The number of fused-ring (bicyclic) bond motifs is 2. The van der Waals surface area contributed by atoms with Crippen LogP contribution in [-0.4, -0.2) is 85.5 Å². The monoisotopic (exact) mass is 764 g/mol. The molecule has 0 bridgehead atoms. The van der Waals surface area contributed by atoms with Crippen molar-refractivity contribution in [3.05, 3.63) is 102 Å². The van der Waals surface area contributed by atoms with Crippen molar-refractivity contribution < 1.29 is 38.1 Å². The SMILES string of the molecule is COC(=O)[C@H]1CN(C(=O)OC(C)(C)C)C[C@@H]1C=Cc1cccc2ccccc12.COC(=O)[C@H]1CN(C(=O)OC(C)(C)C)C[C@@H]1CCc1cccc2ccccc12. The third-order valence-electron chi connectivity index (χ3n) is 10.1. The normalized spacial score (nSPS) is 19.8. The molecule has 2 saturated heterocycles. The lowest BCUT2D eigenvalue weighted by atomic mass is 9.89. The first kappa shape index (κ1) is 41.8. The van der Waals surface area contributed by atoms with E-state index in [1.807, 2.05) is 90.1 Å². The summed E-state index contributed by atoms with van der Waals surface area (Å²) in [6, 6.07) is 28.9. The summed E-state index contributed by atoms with van der Waals surface area (Å²) in [5, 5.41) is 4.77. The van der Waals surface area contributed by atoms with Crippen molar-refractivity contribution in [2.24, 2.45) is 23.7 Å². The van der Waals surface area contributed by atoms with Crippen LogP contribution in [0.15, 0.2) is 91.0 Å². The van der Waals surface area contributed by atoms with Crippen LogP contribution < -0.4 is 0 Å². The average Bonchev–Trinajstić information content (AvgIpc) is 3.80. The highest BCUT2D eigenvalue weighted by Gasteiger charge is 2.42. The Bertz CT molecular complexity index is 2030. The van der Waals surface area contributed by atoms with Gasteiger partial charge in [-0.15, -0.1) is 0 Å². The van der Waals surface area contributed by atoms with E-state index < -0.39 is 23.2 Å². The van der Waals surface area contributed by atoms with Gasteiger partial charge in [-0.3, -0.25) is 9.59 Å². The van der Waals surface area contributed by atoms with Gasteiger partial charge in [-0.05, 0) is 93.0 Å². The van der Waals surface area contributed by atoms with Crippen molar-refractivity contribution in [2.45, 2.75) is 65.6 Å². The lowest BCUT2D eigenvalue weighted by molar-refractivity contribution is -0.146. The van der Waals surface area contributed by atoms with Gasteiger partial charge in [-0.1, -0.05) is 97.1 Å². The lowest BCUT2D eigenvalue weighted by Gasteiger charge is -2.24. The number of rotatable bonds is 7. The van der Waals surface area contributed by atoms with E-state index in [4.69, 9.17) is 18.9 Å². The number of carbonyl (C=O) groups excluding carboxylic acids is 4. The Hall–Kier alpha value is -5.38. The molecule has 4 aromatic carbocycles. The second kappa shape index (κ2) is 18.0. The first-order valence-electron chi connectivity index (χ1n) is 19.3. The molecule has 0 N–H and O–H groups in total. The number of esters is 2. The predicted molar refractivity (Wildman–Crippen MR) is 219 cm³/mol. The van der Waals surface area contributed by atoms with Crippen molar-refractivity contribution in [3.8, 4) is 0 Å². The van der Waals surface area contributed by atoms with Gasteiger partial charge in [0.1, 0.15) is 11.2 Å². The zero-order valence-electron chi connectivity index (χ0n) is 34.0. The number of nitrogens with zero attached hydrogens (tertiary/aromatic N) is 2. The molecular weight excluding hydrogens is 709 g/mol. The third kappa shape index (κ3) is 10.9. The van der Waals surface area contributed by atoms with Crippen molar-refractivity contribution in [1.29, 1.82) is 0 Å². The van der Waals surface area contributed by atoms with E-state index in [2.05, 4.69) is 48.5 Å². The van der Waals surface area contributed by atoms with Gasteiger partial charge in [-0.25, -0.2) is 9.59 Å². The second-order valence-electron chi connectivity index (χ2n) is 16.6. The highest BCUT2D eigenvalue weighted by molar-refractivity contribution is 5.90. The molecule has 2 heterocycles. The van der Waals surface area contributed by atoms with Gasteiger partial charge >= 0.3 is 24.1 Å². The molecule has 10 heteroatoms. The zero-order chi connectivity index (χ0) is 40.6. The van der Waals surface area contributed by atoms with Gasteiger partial charge in [0, 0.05) is 32.1 Å². The number of hydrogen-bond acceptors (Lipinski definition) is 8. The number of amides is 2. The highest BCUT2D eigenvalue weighted by Crippen LogP contribution is 2.32. The van der Waals surface area contributed by atoms with E-state index >= 15 is 0 Å². The van der Waals surface area contributed by atoms with E-state index in [0.29, 0.717) is 26.2 Å². The Kier molecular flexibility index (Phi) is 13.5. The van der Waals surface area contributed by atoms with Gasteiger partial charge < -0.3 is 28.7 Å². The predicted octanol–water partition coefficient (Wildman–Crippen LogP) is 8.94. The van der Waals surface area contributed by atoms with Crippen LogP contribution in [0.2, 0.25) is 0 Å². The largest absolute Gasteiger partial charge is 0.469 e. The highest BCUT2D eigenvalue weighted by atomic mass is 16.6. The molecule has 298 valence electrons. The summed E-state index contributed by atoms with van der Waals surface area (Å²) in [4.78, 5) is 52.7. The Morgan fingerprint density at radius 3 is 1.73 bits per heavy atom. The topological polar surface area (TPSA) is 112 Å². The first-order chi connectivity index (χ1) is 26.6. The van der Waals surface area contributed by atoms with E-state index in [1.165, 1.54) is 30.6 Å². The fraction of sp³-hybridized carbons (Fsp3) is 0.435. The fourth-order valence-corrected chi connectivity index (χ4v) is 7.43. The number of benzene rings is 4. The quantitative estimate of drug-likeness (QED) is 0.136.